The smallest absolute Gasteiger partial charge is 0.0467 e. The Balaban J connectivity index is 2.65. The summed E-state index contributed by atoms with van der Waals surface area (Å²) >= 11 is 0. The topological polar surface area (TPSA) is 26.0 Å². The second kappa shape index (κ2) is 4.23. The predicted molar refractivity (Wildman–Crippen MR) is 71.1 cm³/mol. The zero-order valence-electron chi connectivity index (χ0n) is 9.40. The lowest BCUT2D eigenvalue weighted by Gasteiger charge is -2.10. The highest BCUT2D eigenvalue weighted by atomic mass is 14.6. The molecule has 0 unspecified atom stereocenters. The summed E-state index contributed by atoms with van der Waals surface area (Å²) in [6.45, 7) is 5.86. The molecule has 0 aliphatic heterocycles. The van der Waals surface area contributed by atoms with Crippen molar-refractivity contribution in [1.29, 1.82) is 0 Å². The number of hydrogen-bond acceptors (Lipinski definition) is 1. The third-order valence-electron chi connectivity index (χ3n) is 2.80. The molecule has 1 heteroatoms. The fraction of sp³-hybridized carbons (Fsp3) is 0.0667. The predicted octanol–water partition coefficient (Wildman–Crippen LogP) is 3.89. The van der Waals surface area contributed by atoms with Gasteiger partial charge in [-0.2, -0.15) is 0 Å². The molecule has 0 bridgehead atoms. The van der Waals surface area contributed by atoms with Gasteiger partial charge in [-0.15, -0.1) is 0 Å². The maximum absolute atomic E-state index is 6.12. The SMILES string of the molecule is C=Cc1cccc(-c2ccccc2C)c1N. The van der Waals surface area contributed by atoms with Crippen molar-refractivity contribution >= 4 is 11.8 Å². The number of para-hydroxylation sites is 1. The molecule has 0 spiro atoms. The van der Waals surface area contributed by atoms with E-state index < -0.39 is 0 Å². The van der Waals surface area contributed by atoms with Gasteiger partial charge in [0.05, 0.1) is 0 Å². The van der Waals surface area contributed by atoms with Crippen molar-refractivity contribution in [2.75, 3.05) is 5.73 Å². The van der Waals surface area contributed by atoms with E-state index in [0.29, 0.717) is 0 Å². The van der Waals surface area contributed by atoms with Gasteiger partial charge in [0.25, 0.3) is 0 Å². The summed E-state index contributed by atoms with van der Waals surface area (Å²) in [6, 6.07) is 14.3. The van der Waals surface area contributed by atoms with E-state index in [9.17, 15) is 0 Å². The molecule has 0 atom stereocenters. The van der Waals surface area contributed by atoms with E-state index in [2.05, 4.69) is 25.6 Å². The minimum Gasteiger partial charge on any atom is -0.398 e. The van der Waals surface area contributed by atoms with E-state index in [1.165, 1.54) is 11.1 Å². The van der Waals surface area contributed by atoms with E-state index in [1.54, 1.807) is 6.08 Å². The fourth-order valence-corrected chi connectivity index (χ4v) is 1.87. The third-order valence-corrected chi connectivity index (χ3v) is 2.80. The highest BCUT2D eigenvalue weighted by Crippen LogP contribution is 2.31. The zero-order chi connectivity index (χ0) is 11.5. The second-order valence-corrected chi connectivity index (χ2v) is 3.83. The number of anilines is 1. The minimum atomic E-state index is 0.798. The lowest BCUT2D eigenvalue weighted by Crippen LogP contribution is -1.94. The highest BCUT2D eigenvalue weighted by Gasteiger charge is 2.06. The summed E-state index contributed by atoms with van der Waals surface area (Å²) in [4.78, 5) is 0. The average molecular weight is 209 g/mol. The Labute approximate surface area is 96.2 Å². The molecule has 0 radical (unpaired) electrons. The van der Waals surface area contributed by atoms with E-state index in [-0.39, 0.29) is 0 Å². The quantitative estimate of drug-likeness (QED) is 0.746. The largest absolute Gasteiger partial charge is 0.398 e. The summed E-state index contributed by atoms with van der Waals surface area (Å²) in [6.07, 6.45) is 1.79. The van der Waals surface area contributed by atoms with Crippen molar-refractivity contribution in [1.82, 2.24) is 0 Å². The Morgan fingerprint density at radius 3 is 2.38 bits per heavy atom. The van der Waals surface area contributed by atoms with Crippen molar-refractivity contribution in [3.63, 3.8) is 0 Å². The molecule has 0 heterocycles. The molecular formula is C15H15N. The van der Waals surface area contributed by atoms with Gasteiger partial charge in [0.15, 0.2) is 0 Å². The van der Waals surface area contributed by atoms with Crippen LogP contribution >= 0.6 is 0 Å². The normalized spacial score (nSPS) is 10.1. The molecular weight excluding hydrogens is 194 g/mol. The summed E-state index contributed by atoms with van der Waals surface area (Å²) in [5.74, 6) is 0. The minimum absolute atomic E-state index is 0.798. The van der Waals surface area contributed by atoms with Crippen LogP contribution in [0.3, 0.4) is 0 Å². The van der Waals surface area contributed by atoms with Gasteiger partial charge in [0, 0.05) is 11.3 Å². The molecule has 1 nitrogen and oxygen atoms in total. The van der Waals surface area contributed by atoms with Gasteiger partial charge in [-0.25, -0.2) is 0 Å². The molecule has 80 valence electrons. The molecule has 2 aromatic carbocycles. The fourth-order valence-electron chi connectivity index (χ4n) is 1.87. The summed E-state index contributed by atoms with van der Waals surface area (Å²) in [7, 11) is 0. The summed E-state index contributed by atoms with van der Waals surface area (Å²) in [5.41, 5.74) is 11.4. The first-order valence-electron chi connectivity index (χ1n) is 5.31. The lowest BCUT2D eigenvalue weighted by molar-refractivity contribution is 1.46. The zero-order valence-corrected chi connectivity index (χ0v) is 9.40. The van der Waals surface area contributed by atoms with E-state index in [4.69, 9.17) is 5.73 Å². The van der Waals surface area contributed by atoms with Gasteiger partial charge in [0.2, 0.25) is 0 Å². The first-order valence-corrected chi connectivity index (χ1v) is 5.31. The Morgan fingerprint density at radius 1 is 1.00 bits per heavy atom. The van der Waals surface area contributed by atoms with Crippen LogP contribution in [0.25, 0.3) is 17.2 Å². The molecule has 2 aromatic rings. The Morgan fingerprint density at radius 2 is 1.69 bits per heavy atom. The van der Waals surface area contributed by atoms with Crippen LogP contribution in [0.5, 0.6) is 0 Å². The standard InChI is InChI=1S/C15H15N/c1-3-12-8-6-10-14(15(12)16)13-9-5-4-7-11(13)2/h3-10H,1,16H2,2H3. The van der Waals surface area contributed by atoms with Crippen molar-refractivity contribution in [3.05, 3.63) is 60.2 Å². The number of benzene rings is 2. The number of nitrogen functional groups attached to an aromatic ring is 1. The molecule has 0 saturated heterocycles. The van der Waals surface area contributed by atoms with Gasteiger partial charge >= 0.3 is 0 Å². The summed E-state index contributed by atoms with van der Waals surface area (Å²) in [5, 5.41) is 0. The van der Waals surface area contributed by atoms with E-state index >= 15 is 0 Å². The third kappa shape index (κ3) is 1.72. The molecule has 0 aromatic heterocycles. The lowest BCUT2D eigenvalue weighted by atomic mass is 9.97. The number of nitrogens with two attached hydrogens (primary N) is 1. The second-order valence-electron chi connectivity index (χ2n) is 3.83. The van der Waals surface area contributed by atoms with Crippen LogP contribution in [-0.2, 0) is 0 Å². The monoisotopic (exact) mass is 209 g/mol. The Bertz CT molecular complexity index is 527. The Kier molecular flexibility index (Phi) is 2.78. The van der Waals surface area contributed by atoms with Crippen LogP contribution in [0.1, 0.15) is 11.1 Å². The van der Waals surface area contributed by atoms with Crippen molar-refractivity contribution in [2.24, 2.45) is 0 Å². The molecule has 0 saturated carbocycles. The van der Waals surface area contributed by atoms with E-state index in [0.717, 1.165) is 16.8 Å². The number of hydrogen-bond donors (Lipinski definition) is 1. The van der Waals surface area contributed by atoms with Crippen molar-refractivity contribution < 1.29 is 0 Å². The molecule has 16 heavy (non-hydrogen) atoms. The average Bonchev–Trinajstić information content (AvgIpc) is 2.31. The molecule has 0 aliphatic carbocycles. The molecule has 0 amide bonds. The van der Waals surface area contributed by atoms with Gasteiger partial charge in [-0.05, 0) is 23.6 Å². The molecule has 2 rings (SSSR count). The van der Waals surface area contributed by atoms with Gasteiger partial charge in [-0.3, -0.25) is 0 Å². The van der Waals surface area contributed by atoms with Crippen LogP contribution < -0.4 is 5.73 Å². The Hall–Kier alpha value is -2.02. The van der Waals surface area contributed by atoms with Gasteiger partial charge in [-0.1, -0.05) is 55.1 Å². The van der Waals surface area contributed by atoms with Crippen LogP contribution in [0, 0.1) is 6.92 Å². The maximum Gasteiger partial charge on any atom is 0.0467 e. The maximum atomic E-state index is 6.12. The van der Waals surface area contributed by atoms with Gasteiger partial charge < -0.3 is 5.73 Å². The molecule has 0 fully saturated rings. The van der Waals surface area contributed by atoms with Gasteiger partial charge in [0.1, 0.15) is 0 Å². The van der Waals surface area contributed by atoms with E-state index in [1.807, 2.05) is 30.3 Å². The number of aryl methyl sites for hydroxylation is 1. The van der Waals surface area contributed by atoms with Crippen molar-refractivity contribution in [2.45, 2.75) is 6.92 Å². The van der Waals surface area contributed by atoms with Crippen LogP contribution in [-0.4, -0.2) is 0 Å². The van der Waals surface area contributed by atoms with Crippen LogP contribution in [0.2, 0.25) is 0 Å². The summed E-state index contributed by atoms with van der Waals surface area (Å²) < 4.78 is 0. The van der Waals surface area contributed by atoms with Crippen LogP contribution in [0.4, 0.5) is 5.69 Å². The first kappa shape index (κ1) is 10.5. The van der Waals surface area contributed by atoms with Crippen molar-refractivity contribution in [3.8, 4) is 11.1 Å². The first-order chi connectivity index (χ1) is 7.74. The molecule has 2 N–H and O–H groups in total. The van der Waals surface area contributed by atoms with Crippen LogP contribution in [0.15, 0.2) is 49.0 Å². The number of rotatable bonds is 2. The highest BCUT2D eigenvalue weighted by molar-refractivity contribution is 5.83. The molecule has 0 aliphatic rings.